The Morgan fingerprint density at radius 2 is 2.45 bits per heavy atom. The molecule has 2 aromatic rings. The summed E-state index contributed by atoms with van der Waals surface area (Å²) in [5, 5.41) is 9.21. The van der Waals surface area contributed by atoms with Crippen LogP contribution in [0.25, 0.3) is 0 Å². The summed E-state index contributed by atoms with van der Waals surface area (Å²) in [5.41, 5.74) is 1.33. The Labute approximate surface area is 134 Å². The van der Waals surface area contributed by atoms with Crippen LogP contribution in [0.4, 0.5) is 4.79 Å². The van der Waals surface area contributed by atoms with Crippen molar-refractivity contribution < 1.29 is 4.79 Å². The van der Waals surface area contributed by atoms with E-state index in [4.69, 9.17) is 0 Å². The van der Waals surface area contributed by atoms with Crippen LogP contribution in [0.1, 0.15) is 36.2 Å². The van der Waals surface area contributed by atoms with E-state index in [1.807, 2.05) is 4.90 Å². The molecule has 1 aliphatic heterocycles. The van der Waals surface area contributed by atoms with Gasteiger partial charge in [0.25, 0.3) is 0 Å². The summed E-state index contributed by atoms with van der Waals surface area (Å²) in [4.78, 5) is 19.8. The van der Waals surface area contributed by atoms with E-state index in [0.717, 1.165) is 32.4 Å². The second kappa shape index (κ2) is 6.91. The van der Waals surface area contributed by atoms with Crippen LogP contribution >= 0.6 is 11.3 Å². The van der Waals surface area contributed by atoms with Crippen molar-refractivity contribution in [2.75, 3.05) is 13.1 Å². The first-order valence-corrected chi connectivity index (χ1v) is 8.60. The number of nitrogens with zero attached hydrogens (tertiary/aromatic N) is 4. The van der Waals surface area contributed by atoms with E-state index in [-0.39, 0.29) is 12.1 Å². The van der Waals surface area contributed by atoms with Crippen molar-refractivity contribution in [2.45, 2.75) is 38.8 Å². The Morgan fingerprint density at radius 3 is 3.23 bits per heavy atom. The lowest BCUT2D eigenvalue weighted by molar-refractivity contribution is 0.167. The third-order valence-corrected chi connectivity index (χ3v) is 5.05. The van der Waals surface area contributed by atoms with Crippen molar-refractivity contribution in [3.8, 4) is 0 Å². The summed E-state index contributed by atoms with van der Waals surface area (Å²) in [6.45, 7) is 4.37. The van der Waals surface area contributed by atoms with Gasteiger partial charge in [0, 0.05) is 24.5 Å². The molecule has 0 saturated heterocycles. The quantitative estimate of drug-likeness (QED) is 0.861. The highest BCUT2D eigenvalue weighted by Crippen LogP contribution is 2.34. The number of hydrogen-bond acceptors (Lipinski definition) is 4. The van der Waals surface area contributed by atoms with E-state index in [9.17, 15) is 4.79 Å². The lowest BCUT2D eigenvalue weighted by atomic mass is 9.98. The average Bonchev–Trinajstić information content (AvgIpc) is 3.21. The summed E-state index contributed by atoms with van der Waals surface area (Å²) >= 11 is 1.80. The molecule has 3 rings (SSSR count). The molecule has 1 N–H and O–H groups in total. The van der Waals surface area contributed by atoms with Gasteiger partial charge < -0.3 is 10.2 Å². The third kappa shape index (κ3) is 3.14. The molecule has 7 heteroatoms. The van der Waals surface area contributed by atoms with Gasteiger partial charge in [0.05, 0.1) is 6.04 Å². The molecular weight excluding hydrogens is 298 g/mol. The Bertz CT molecular complexity index is 609. The lowest BCUT2D eigenvalue weighted by Gasteiger charge is -2.35. The summed E-state index contributed by atoms with van der Waals surface area (Å²) in [6.07, 6.45) is 5.99. The summed E-state index contributed by atoms with van der Waals surface area (Å²) in [7, 11) is 0. The van der Waals surface area contributed by atoms with E-state index in [0.29, 0.717) is 6.54 Å². The van der Waals surface area contributed by atoms with Crippen LogP contribution in [-0.2, 0) is 13.0 Å². The summed E-state index contributed by atoms with van der Waals surface area (Å²) in [5.74, 6) is 0. The predicted molar refractivity (Wildman–Crippen MR) is 85.8 cm³/mol. The van der Waals surface area contributed by atoms with E-state index in [2.05, 4.69) is 33.8 Å². The number of hydrogen-bond donors (Lipinski definition) is 1. The number of nitrogens with one attached hydrogen (secondary N) is 1. The molecule has 0 bridgehead atoms. The number of rotatable bonds is 5. The standard InChI is InChI=1S/C15H21N5OS/c1-2-13-12-5-9-22-14(12)4-8-20(13)15(21)17-6-3-7-19-11-16-10-18-19/h5,9-11,13H,2-4,6-8H2,1H3,(H,17,21)/t13-/m1/s1. The zero-order valence-electron chi connectivity index (χ0n) is 12.7. The smallest absolute Gasteiger partial charge is 0.317 e. The zero-order chi connectivity index (χ0) is 15.4. The maximum Gasteiger partial charge on any atom is 0.317 e. The van der Waals surface area contributed by atoms with Crippen molar-refractivity contribution >= 4 is 17.4 Å². The molecule has 0 unspecified atom stereocenters. The Kier molecular flexibility index (Phi) is 4.72. The molecule has 2 aromatic heterocycles. The molecule has 0 spiro atoms. The summed E-state index contributed by atoms with van der Waals surface area (Å²) in [6, 6.07) is 2.42. The highest BCUT2D eigenvalue weighted by molar-refractivity contribution is 7.10. The molecule has 22 heavy (non-hydrogen) atoms. The molecule has 6 nitrogen and oxygen atoms in total. The molecule has 0 radical (unpaired) electrons. The Morgan fingerprint density at radius 1 is 1.55 bits per heavy atom. The van der Waals surface area contributed by atoms with Crippen LogP contribution in [0, 0.1) is 0 Å². The topological polar surface area (TPSA) is 63.1 Å². The van der Waals surface area contributed by atoms with Crippen molar-refractivity contribution in [3.05, 3.63) is 34.5 Å². The van der Waals surface area contributed by atoms with Gasteiger partial charge in [0.15, 0.2) is 0 Å². The van der Waals surface area contributed by atoms with Crippen LogP contribution in [-0.4, -0.2) is 38.8 Å². The van der Waals surface area contributed by atoms with Gasteiger partial charge in [0.1, 0.15) is 12.7 Å². The fourth-order valence-electron chi connectivity index (χ4n) is 2.97. The molecule has 1 aliphatic rings. The molecule has 0 fully saturated rings. The number of aromatic nitrogens is 3. The van der Waals surface area contributed by atoms with Crippen LogP contribution in [0.2, 0.25) is 0 Å². The van der Waals surface area contributed by atoms with Gasteiger partial charge in [-0.15, -0.1) is 11.3 Å². The molecule has 118 valence electrons. The predicted octanol–water partition coefficient (Wildman–Crippen LogP) is 2.45. The highest BCUT2D eigenvalue weighted by Gasteiger charge is 2.29. The van der Waals surface area contributed by atoms with Gasteiger partial charge in [-0.05, 0) is 36.3 Å². The van der Waals surface area contributed by atoms with Gasteiger partial charge >= 0.3 is 6.03 Å². The Balaban J connectivity index is 1.51. The van der Waals surface area contributed by atoms with Crippen molar-refractivity contribution in [1.29, 1.82) is 0 Å². The maximum absolute atomic E-state index is 12.4. The largest absolute Gasteiger partial charge is 0.338 e. The Hall–Kier alpha value is -1.89. The highest BCUT2D eigenvalue weighted by atomic mass is 32.1. The van der Waals surface area contributed by atoms with E-state index < -0.39 is 0 Å². The molecular formula is C15H21N5OS. The molecule has 1 atom stereocenters. The molecule has 0 aromatic carbocycles. The lowest BCUT2D eigenvalue weighted by Crippen LogP contribution is -2.45. The first-order valence-electron chi connectivity index (χ1n) is 7.72. The van der Waals surface area contributed by atoms with E-state index in [1.165, 1.54) is 16.8 Å². The number of aryl methyl sites for hydroxylation is 1. The normalized spacial score (nSPS) is 17.3. The number of amides is 2. The van der Waals surface area contributed by atoms with Crippen molar-refractivity contribution in [1.82, 2.24) is 25.0 Å². The molecule has 0 saturated carbocycles. The maximum atomic E-state index is 12.4. The molecule has 2 amide bonds. The van der Waals surface area contributed by atoms with Crippen LogP contribution in [0.5, 0.6) is 0 Å². The molecule has 0 aliphatic carbocycles. The van der Waals surface area contributed by atoms with Crippen LogP contribution in [0.3, 0.4) is 0 Å². The SMILES string of the molecule is CC[C@@H]1c2ccsc2CCN1C(=O)NCCCn1cncn1. The fourth-order valence-corrected chi connectivity index (χ4v) is 3.89. The van der Waals surface area contributed by atoms with Gasteiger partial charge in [-0.2, -0.15) is 5.10 Å². The zero-order valence-corrected chi connectivity index (χ0v) is 13.6. The number of carbonyl (C=O) groups excluding carboxylic acids is 1. The van der Waals surface area contributed by atoms with Gasteiger partial charge in [-0.1, -0.05) is 6.92 Å². The monoisotopic (exact) mass is 319 g/mol. The average molecular weight is 319 g/mol. The first kappa shape index (κ1) is 15.0. The van der Waals surface area contributed by atoms with Crippen LogP contribution in [0.15, 0.2) is 24.1 Å². The fraction of sp³-hybridized carbons (Fsp3) is 0.533. The second-order valence-electron chi connectivity index (χ2n) is 5.41. The number of thiophene rings is 1. The number of fused-ring (bicyclic) bond motifs is 1. The van der Waals surface area contributed by atoms with E-state index >= 15 is 0 Å². The first-order chi connectivity index (χ1) is 10.8. The van der Waals surface area contributed by atoms with Crippen molar-refractivity contribution in [2.24, 2.45) is 0 Å². The van der Waals surface area contributed by atoms with Gasteiger partial charge in [-0.3, -0.25) is 4.68 Å². The second-order valence-corrected chi connectivity index (χ2v) is 6.41. The minimum atomic E-state index is 0.0438. The third-order valence-electron chi connectivity index (χ3n) is 4.05. The summed E-state index contributed by atoms with van der Waals surface area (Å²) < 4.78 is 1.78. The minimum Gasteiger partial charge on any atom is -0.338 e. The minimum absolute atomic E-state index is 0.0438. The van der Waals surface area contributed by atoms with Gasteiger partial charge in [-0.25, -0.2) is 9.78 Å². The molecule has 3 heterocycles. The van der Waals surface area contributed by atoms with Crippen molar-refractivity contribution in [3.63, 3.8) is 0 Å². The number of carbonyl (C=O) groups is 1. The van der Waals surface area contributed by atoms with E-state index in [1.54, 1.807) is 22.3 Å². The van der Waals surface area contributed by atoms with Gasteiger partial charge in [0.2, 0.25) is 0 Å². The van der Waals surface area contributed by atoms with Crippen LogP contribution < -0.4 is 5.32 Å². The number of urea groups is 1.